The molecular weight excluding hydrogens is 436 g/mol. The first kappa shape index (κ1) is 21.8. The number of carbonyl (C=O) groups is 1. The van der Waals surface area contributed by atoms with E-state index in [0.717, 1.165) is 57.6 Å². The van der Waals surface area contributed by atoms with E-state index in [-0.39, 0.29) is 11.9 Å². The van der Waals surface area contributed by atoms with Crippen molar-refractivity contribution in [2.75, 3.05) is 18.0 Å². The normalized spacial score (nSPS) is 19.9. The molecule has 2 aliphatic heterocycles. The van der Waals surface area contributed by atoms with Crippen molar-refractivity contribution in [1.82, 2.24) is 25.4 Å². The number of nitrogens with one attached hydrogen (secondary N) is 2. The van der Waals surface area contributed by atoms with Crippen molar-refractivity contribution >= 4 is 22.5 Å². The van der Waals surface area contributed by atoms with Crippen LogP contribution in [-0.4, -0.2) is 45.8 Å². The van der Waals surface area contributed by atoms with Crippen LogP contribution in [0.15, 0.2) is 60.9 Å². The van der Waals surface area contributed by atoms with E-state index >= 15 is 0 Å². The van der Waals surface area contributed by atoms with Crippen molar-refractivity contribution in [3.8, 4) is 11.3 Å². The number of piperazine rings is 1. The molecule has 2 aliphatic rings. The van der Waals surface area contributed by atoms with Crippen LogP contribution in [0.4, 0.5) is 5.69 Å². The third-order valence-corrected chi connectivity index (χ3v) is 7.42. The summed E-state index contributed by atoms with van der Waals surface area (Å²) in [5, 5.41) is 12.2. The summed E-state index contributed by atoms with van der Waals surface area (Å²) in [5.41, 5.74) is 6.60. The van der Waals surface area contributed by atoms with Crippen molar-refractivity contribution in [3.63, 3.8) is 0 Å². The Morgan fingerprint density at radius 1 is 1.20 bits per heavy atom. The number of benzene rings is 2. The second-order valence-electron chi connectivity index (χ2n) is 9.86. The van der Waals surface area contributed by atoms with Gasteiger partial charge in [0.1, 0.15) is 0 Å². The summed E-state index contributed by atoms with van der Waals surface area (Å²) in [6.07, 6.45) is 4.96. The summed E-state index contributed by atoms with van der Waals surface area (Å²) in [4.78, 5) is 20.8. The van der Waals surface area contributed by atoms with Crippen molar-refractivity contribution in [1.29, 1.82) is 0 Å². The summed E-state index contributed by atoms with van der Waals surface area (Å²) >= 11 is 0. The second-order valence-corrected chi connectivity index (χ2v) is 9.86. The molecule has 35 heavy (non-hydrogen) atoms. The Morgan fingerprint density at radius 3 is 2.80 bits per heavy atom. The van der Waals surface area contributed by atoms with Crippen molar-refractivity contribution in [2.45, 2.75) is 38.4 Å². The number of carbonyl (C=O) groups excluding carboxylic acids is 1. The molecule has 6 rings (SSSR count). The molecular formula is C28H30N6O. The molecule has 2 aromatic carbocycles. The Balaban J connectivity index is 1.31. The van der Waals surface area contributed by atoms with E-state index in [0.29, 0.717) is 12.1 Å². The lowest BCUT2D eigenvalue weighted by Crippen LogP contribution is -2.43. The van der Waals surface area contributed by atoms with E-state index in [2.05, 4.69) is 51.0 Å². The van der Waals surface area contributed by atoms with Gasteiger partial charge in [-0.3, -0.25) is 9.48 Å². The van der Waals surface area contributed by atoms with Gasteiger partial charge in [-0.25, -0.2) is 4.98 Å². The van der Waals surface area contributed by atoms with E-state index in [4.69, 9.17) is 4.98 Å². The lowest BCUT2D eigenvalue weighted by Gasteiger charge is -2.30. The second kappa shape index (κ2) is 8.50. The molecule has 2 fully saturated rings. The third-order valence-electron chi connectivity index (χ3n) is 7.42. The van der Waals surface area contributed by atoms with Crippen LogP contribution in [0.2, 0.25) is 0 Å². The summed E-state index contributed by atoms with van der Waals surface area (Å²) in [7, 11) is 1.90. The maximum Gasteiger partial charge on any atom is 0.252 e. The molecule has 4 aromatic rings. The van der Waals surface area contributed by atoms with Gasteiger partial charge < -0.3 is 15.5 Å². The minimum absolute atomic E-state index is 0.0526. The number of pyridine rings is 1. The van der Waals surface area contributed by atoms with Gasteiger partial charge in [0.2, 0.25) is 0 Å². The van der Waals surface area contributed by atoms with Gasteiger partial charge in [0.25, 0.3) is 5.91 Å². The fourth-order valence-corrected chi connectivity index (χ4v) is 5.52. The van der Waals surface area contributed by atoms with Crippen LogP contribution in [0.3, 0.4) is 0 Å². The van der Waals surface area contributed by atoms with E-state index < -0.39 is 0 Å². The van der Waals surface area contributed by atoms with Crippen LogP contribution in [0, 0.1) is 6.92 Å². The van der Waals surface area contributed by atoms with Gasteiger partial charge in [0.05, 0.1) is 23.4 Å². The molecule has 0 spiro atoms. The first-order valence-electron chi connectivity index (χ1n) is 12.3. The maximum absolute atomic E-state index is 13.5. The largest absolute Gasteiger partial charge is 0.366 e. The highest BCUT2D eigenvalue weighted by atomic mass is 16.1. The van der Waals surface area contributed by atoms with Crippen molar-refractivity contribution < 1.29 is 4.79 Å². The molecule has 2 unspecified atom stereocenters. The molecule has 2 aromatic heterocycles. The van der Waals surface area contributed by atoms with Crippen molar-refractivity contribution in [3.05, 3.63) is 77.6 Å². The van der Waals surface area contributed by atoms with Crippen LogP contribution >= 0.6 is 0 Å². The number of aryl methyl sites for hydroxylation is 2. The predicted octanol–water partition coefficient (Wildman–Crippen LogP) is 3.99. The van der Waals surface area contributed by atoms with Crippen LogP contribution in [0.25, 0.3) is 22.2 Å². The number of hydrogen-bond donors (Lipinski definition) is 2. The molecule has 0 aliphatic carbocycles. The monoisotopic (exact) mass is 466 g/mol. The SMILES string of the molecule is Cc1ccc(N2CC3CC2CN3)cc1C(=O)N[C@H](C)c1cc(-c2cnn(C)c2)nc2ccccc12. The Labute approximate surface area is 205 Å². The molecule has 3 atom stereocenters. The summed E-state index contributed by atoms with van der Waals surface area (Å²) < 4.78 is 1.77. The zero-order valence-corrected chi connectivity index (χ0v) is 20.3. The average Bonchev–Trinajstić information content (AvgIpc) is 3.61. The average molecular weight is 467 g/mol. The number of anilines is 1. The Hall–Kier alpha value is -3.71. The zero-order valence-electron chi connectivity index (χ0n) is 20.3. The Morgan fingerprint density at radius 2 is 2.06 bits per heavy atom. The first-order valence-corrected chi connectivity index (χ1v) is 12.3. The standard InChI is InChI=1S/C28H30N6O/c1-17-8-9-21(34-16-20-10-22(34)14-29-20)11-24(17)28(35)31-18(2)25-12-27(19-13-30-33(3)15-19)32-26-7-5-4-6-23(25)26/h4-9,11-13,15,18,20,22,29H,10,14,16H2,1-3H3,(H,31,35)/t18-,20?,22?/m1/s1. The molecule has 0 saturated carbocycles. The number of para-hydroxylation sites is 1. The maximum atomic E-state index is 13.5. The highest BCUT2D eigenvalue weighted by Crippen LogP contribution is 2.32. The third kappa shape index (κ3) is 3.96. The number of rotatable bonds is 5. The summed E-state index contributed by atoms with van der Waals surface area (Å²) in [6.45, 7) is 6.07. The van der Waals surface area contributed by atoms with Gasteiger partial charge in [-0.15, -0.1) is 0 Å². The predicted molar refractivity (Wildman–Crippen MR) is 139 cm³/mol. The smallest absolute Gasteiger partial charge is 0.252 e. The molecule has 7 heteroatoms. The van der Waals surface area contributed by atoms with Crippen LogP contribution in [-0.2, 0) is 7.05 Å². The number of amides is 1. The van der Waals surface area contributed by atoms with Crippen LogP contribution in [0.5, 0.6) is 0 Å². The van der Waals surface area contributed by atoms with Crippen LogP contribution in [0.1, 0.15) is 40.9 Å². The number of hydrogen-bond acceptors (Lipinski definition) is 5. The molecule has 4 heterocycles. The lowest BCUT2D eigenvalue weighted by molar-refractivity contribution is 0.0939. The molecule has 2 N–H and O–H groups in total. The minimum atomic E-state index is -0.194. The molecule has 178 valence electrons. The molecule has 2 saturated heterocycles. The lowest BCUT2D eigenvalue weighted by atomic mass is 9.99. The highest BCUT2D eigenvalue weighted by molar-refractivity contribution is 5.97. The fourth-order valence-electron chi connectivity index (χ4n) is 5.52. The molecule has 2 bridgehead atoms. The van der Waals surface area contributed by atoms with Gasteiger partial charge in [-0.1, -0.05) is 24.3 Å². The highest BCUT2D eigenvalue weighted by Gasteiger charge is 2.37. The van der Waals surface area contributed by atoms with Crippen LogP contribution < -0.4 is 15.5 Å². The van der Waals surface area contributed by atoms with E-state index in [1.165, 1.54) is 6.42 Å². The zero-order chi connectivity index (χ0) is 24.1. The van der Waals surface area contributed by atoms with E-state index in [9.17, 15) is 4.79 Å². The molecule has 7 nitrogen and oxygen atoms in total. The van der Waals surface area contributed by atoms with Crippen molar-refractivity contribution in [2.24, 2.45) is 7.05 Å². The fraction of sp³-hybridized carbons (Fsp3) is 0.321. The quantitative estimate of drug-likeness (QED) is 0.465. The van der Waals surface area contributed by atoms with Gasteiger partial charge in [0.15, 0.2) is 0 Å². The first-order chi connectivity index (χ1) is 17.0. The molecule has 1 amide bonds. The number of nitrogens with zero attached hydrogens (tertiary/aromatic N) is 4. The van der Waals surface area contributed by atoms with Gasteiger partial charge >= 0.3 is 0 Å². The summed E-state index contributed by atoms with van der Waals surface area (Å²) in [5.74, 6) is -0.0526. The topological polar surface area (TPSA) is 75.1 Å². The van der Waals surface area contributed by atoms with Gasteiger partial charge in [0, 0.05) is 60.6 Å². The number of aromatic nitrogens is 3. The van der Waals surface area contributed by atoms with E-state index in [1.807, 2.05) is 51.5 Å². The number of fused-ring (bicyclic) bond motifs is 3. The van der Waals surface area contributed by atoms with Gasteiger partial charge in [-0.2, -0.15) is 5.10 Å². The van der Waals surface area contributed by atoms with Gasteiger partial charge in [-0.05, 0) is 55.7 Å². The Kier molecular flexibility index (Phi) is 5.29. The van der Waals surface area contributed by atoms with E-state index in [1.54, 1.807) is 4.68 Å². The minimum Gasteiger partial charge on any atom is -0.366 e. The summed E-state index contributed by atoms with van der Waals surface area (Å²) in [6, 6.07) is 17.3. The Bertz CT molecular complexity index is 1430. The molecule has 0 radical (unpaired) electrons.